The van der Waals surface area contributed by atoms with Crippen molar-refractivity contribution in [2.24, 2.45) is 11.7 Å². The van der Waals surface area contributed by atoms with Gasteiger partial charge in [-0.3, -0.25) is 4.79 Å². The predicted octanol–water partition coefficient (Wildman–Crippen LogP) is 2.71. The zero-order chi connectivity index (χ0) is 14.4. The summed E-state index contributed by atoms with van der Waals surface area (Å²) in [5, 5.41) is 2.85. The summed E-state index contributed by atoms with van der Waals surface area (Å²) in [5.74, 6) is 0.673. The van der Waals surface area contributed by atoms with Crippen LogP contribution in [0.1, 0.15) is 32.8 Å². The largest absolute Gasteiger partial charge is 0.492 e. The quantitative estimate of drug-likeness (QED) is 0.830. The lowest BCUT2D eigenvalue weighted by Gasteiger charge is -2.19. The highest BCUT2D eigenvalue weighted by atomic mass is 16.5. The molecule has 0 aromatic heterocycles. The second-order valence-electron chi connectivity index (χ2n) is 4.83. The van der Waals surface area contributed by atoms with Gasteiger partial charge in [-0.2, -0.15) is 0 Å². The molecule has 1 amide bonds. The molecular weight excluding hydrogens is 240 g/mol. The van der Waals surface area contributed by atoms with Gasteiger partial charge in [0.05, 0.1) is 18.3 Å². The van der Waals surface area contributed by atoms with Crippen LogP contribution in [-0.2, 0) is 4.79 Å². The van der Waals surface area contributed by atoms with Crippen molar-refractivity contribution < 1.29 is 9.53 Å². The summed E-state index contributed by atoms with van der Waals surface area (Å²) in [5.41, 5.74) is 7.69. The molecule has 1 aromatic carbocycles. The third-order valence-electron chi connectivity index (χ3n) is 3.25. The molecule has 2 unspecified atom stereocenters. The van der Waals surface area contributed by atoms with Crippen LogP contribution in [-0.4, -0.2) is 18.6 Å². The fourth-order valence-electron chi connectivity index (χ4n) is 1.74. The number of nitrogens with one attached hydrogen (secondary N) is 1. The van der Waals surface area contributed by atoms with E-state index < -0.39 is 6.04 Å². The van der Waals surface area contributed by atoms with E-state index in [2.05, 4.69) is 5.32 Å². The van der Waals surface area contributed by atoms with Gasteiger partial charge in [0.1, 0.15) is 5.75 Å². The number of ether oxygens (including phenoxy) is 1. The van der Waals surface area contributed by atoms with E-state index in [1.54, 1.807) is 0 Å². The average Bonchev–Trinajstić information content (AvgIpc) is 2.40. The second-order valence-corrected chi connectivity index (χ2v) is 4.83. The van der Waals surface area contributed by atoms with Gasteiger partial charge in [0.15, 0.2) is 0 Å². The van der Waals surface area contributed by atoms with Crippen LogP contribution in [0.25, 0.3) is 0 Å². The number of nitrogens with two attached hydrogens (primary N) is 1. The standard InChI is InChI=1S/C15H24N2O2/c1-5-11(4)14(16)15(18)17-12-8-7-10(3)9-13(12)19-6-2/h7-9,11,14H,5-6,16H2,1-4H3,(H,17,18). The van der Waals surface area contributed by atoms with Crippen molar-refractivity contribution in [3.63, 3.8) is 0 Å². The first-order valence-corrected chi connectivity index (χ1v) is 6.79. The Hall–Kier alpha value is -1.55. The van der Waals surface area contributed by atoms with Gasteiger partial charge in [-0.05, 0) is 37.5 Å². The predicted molar refractivity (Wildman–Crippen MR) is 78.4 cm³/mol. The maximum Gasteiger partial charge on any atom is 0.241 e. The lowest BCUT2D eigenvalue weighted by molar-refractivity contribution is -0.118. The highest BCUT2D eigenvalue weighted by molar-refractivity contribution is 5.96. The van der Waals surface area contributed by atoms with E-state index in [0.29, 0.717) is 18.0 Å². The summed E-state index contributed by atoms with van der Waals surface area (Å²) in [7, 11) is 0. The first-order valence-electron chi connectivity index (χ1n) is 6.79. The first-order chi connectivity index (χ1) is 8.99. The highest BCUT2D eigenvalue weighted by Crippen LogP contribution is 2.26. The lowest BCUT2D eigenvalue weighted by atomic mass is 9.99. The minimum Gasteiger partial charge on any atom is -0.492 e. The molecule has 4 heteroatoms. The summed E-state index contributed by atoms with van der Waals surface area (Å²) in [6.45, 7) is 8.46. The zero-order valence-corrected chi connectivity index (χ0v) is 12.2. The molecule has 1 aromatic rings. The molecule has 0 aliphatic carbocycles. The number of aryl methyl sites for hydroxylation is 1. The highest BCUT2D eigenvalue weighted by Gasteiger charge is 2.20. The summed E-state index contributed by atoms with van der Waals surface area (Å²) < 4.78 is 5.53. The van der Waals surface area contributed by atoms with Crippen molar-refractivity contribution in [1.82, 2.24) is 0 Å². The topological polar surface area (TPSA) is 64.3 Å². The normalized spacial score (nSPS) is 13.7. The van der Waals surface area contributed by atoms with Crippen LogP contribution in [0, 0.1) is 12.8 Å². The monoisotopic (exact) mass is 264 g/mol. The smallest absolute Gasteiger partial charge is 0.241 e. The molecule has 0 aliphatic heterocycles. The van der Waals surface area contributed by atoms with Crippen molar-refractivity contribution >= 4 is 11.6 Å². The lowest BCUT2D eigenvalue weighted by Crippen LogP contribution is -2.40. The van der Waals surface area contributed by atoms with Gasteiger partial charge < -0.3 is 15.8 Å². The molecule has 0 spiro atoms. The number of benzene rings is 1. The van der Waals surface area contributed by atoms with Gasteiger partial charge in [-0.1, -0.05) is 26.3 Å². The Morgan fingerprint density at radius 3 is 2.68 bits per heavy atom. The fraction of sp³-hybridized carbons (Fsp3) is 0.533. The Bertz CT molecular complexity index is 432. The van der Waals surface area contributed by atoms with Gasteiger partial charge in [-0.15, -0.1) is 0 Å². The Morgan fingerprint density at radius 1 is 1.42 bits per heavy atom. The first kappa shape index (κ1) is 15.5. The minimum absolute atomic E-state index is 0.154. The molecule has 0 saturated heterocycles. The van der Waals surface area contributed by atoms with E-state index in [1.165, 1.54) is 0 Å². The van der Waals surface area contributed by atoms with Crippen LogP contribution in [0.3, 0.4) is 0 Å². The van der Waals surface area contributed by atoms with Crippen molar-refractivity contribution in [3.05, 3.63) is 23.8 Å². The SMILES string of the molecule is CCOc1cc(C)ccc1NC(=O)C(N)C(C)CC. The summed E-state index contributed by atoms with van der Waals surface area (Å²) in [4.78, 5) is 12.1. The minimum atomic E-state index is -0.499. The van der Waals surface area contributed by atoms with Crippen LogP contribution >= 0.6 is 0 Å². The molecule has 19 heavy (non-hydrogen) atoms. The molecule has 0 radical (unpaired) electrons. The van der Waals surface area contributed by atoms with E-state index >= 15 is 0 Å². The number of hydrogen-bond donors (Lipinski definition) is 2. The fourth-order valence-corrected chi connectivity index (χ4v) is 1.74. The summed E-state index contributed by atoms with van der Waals surface area (Å²) >= 11 is 0. The number of hydrogen-bond acceptors (Lipinski definition) is 3. The number of carbonyl (C=O) groups excluding carboxylic acids is 1. The van der Waals surface area contributed by atoms with E-state index in [1.807, 2.05) is 45.9 Å². The molecule has 0 saturated carbocycles. The molecule has 0 bridgehead atoms. The molecule has 2 atom stereocenters. The molecule has 106 valence electrons. The van der Waals surface area contributed by atoms with Gasteiger partial charge >= 0.3 is 0 Å². The maximum absolute atomic E-state index is 12.1. The van der Waals surface area contributed by atoms with Crippen molar-refractivity contribution in [2.75, 3.05) is 11.9 Å². The van der Waals surface area contributed by atoms with Crippen molar-refractivity contribution in [2.45, 2.75) is 40.2 Å². The van der Waals surface area contributed by atoms with E-state index in [4.69, 9.17) is 10.5 Å². The zero-order valence-electron chi connectivity index (χ0n) is 12.2. The maximum atomic E-state index is 12.1. The van der Waals surface area contributed by atoms with Crippen LogP contribution < -0.4 is 15.8 Å². The molecule has 0 heterocycles. The van der Waals surface area contributed by atoms with Gasteiger partial charge in [0.25, 0.3) is 0 Å². The Kier molecular flexibility index (Phi) is 5.83. The average molecular weight is 264 g/mol. The number of anilines is 1. The number of amides is 1. The van der Waals surface area contributed by atoms with Crippen LogP contribution in [0.4, 0.5) is 5.69 Å². The summed E-state index contributed by atoms with van der Waals surface area (Å²) in [6.07, 6.45) is 0.876. The van der Waals surface area contributed by atoms with E-state index in [9.17, 15) is 4.79 Å². The molecule has 0 fully saturated rings. The molecule has 4 nitrogen and oxygen atoms in total. The second kappa shape index (κ2) is 7.14. The third kappa shape index (κ3) is 4.24. The van der Waals surface area contributed by atoms with E-state index in [-0.39, 0.29) is 11.8 Å². The van der Waals surface area contributed by atoms with Crippen LogP contribution in [0.5, 0.6) is 5.75 Å². The van der Waals surface area contributed by atoms with Gasteiger partial charge in [0, 0.05) is 0 Å². The Morgan fingerprint density at radius 2 is 2.11 bits per heavy atom. The Balaban J connectivity index is 2.84. The molecule has 0 aliphatic rings. The van der Waals surface area contributed by atoms with Gasteiger partial charge in [0.2, 0.25) is 5.91 Å². The molecule has 1 rings (SSSR count). The third-order valence-corrected chi connectivity index (χ3v) is 3.25. The van der Waals surface area contributed by atoms with E-state index in [0.717, 1.165) is 12.0 Å². The van der Waals surface area contributed by atoms with Gasteiger partial charge in [-0.25, -0.2) is 0 Å². The number of carbonyl (C=O) groups is 1. The van der Waals surface area contributed by atoms with Crippen LogP contribution in [0.2, 0.25) is 0 Å². The number of rotatable bonds is 6. The summed E-state index contributed by atoms with van der Waals surface area (Å²) in [6, 6.07) is 5.20. The molecular formula is C15H24N2O2. The van der Waals surface area contributed by atoms with Crippen LogP contribution in [0.15, 0.2) is 18.2 Å². The molecule has 3 N–H and O–H groups in total. The van der Waals surface area contributed by atoms with Crippen molar-refractivity contribution in [1.29, 1.82) is 0 Å². The Labute approximate surface area is 115 Å². The van der Waals surface area contributed by atoms with Crippen molar-refractivity contribution in [3.8, 4) is 5.75 Å².